The van der Waals surface area contributed by atoms with E-state index in [0.29, 0.717) is 0 Å². The number of carbonyl (C=O) groups is 1. The molecule has 0 amide bonds. The maximum Gasteiger partial charge on any atom is 0.310 e. The van der Waals surface area contributed by atoms with Crippen LogP contribution in [0.4, 0.5) is 0 Å². The Kier molecular flexibility index (Phi) is 3.53. The van der Waals surface area contributed by atoms with Gasteiger partial charge in [0.15, 0.2) is 0 Å². The van der Waals surface area contributed by atoms with Gasteiger partial charge in [-0.05, 0) is 12.8 Å². The molecule has 1 rings (SSSR count). The summed E-state index contributed by atoms with van der Waals surface area (Å²) in [5, 5.41) is 0. The smallest absolute Gasteiger partial charge is 0.310 e. The largest absolute Gasteiger partial charge is 0.436 e. The van der Waals surface area contributed by atoms with Crippen LogP contribution in [0.1, 0.15) is 33.1 Å². The Morgan fingerprint density at radius 3 is 3.00 bits per heavy atom. The summed E-state index contributed by atoms with van der Waals surface area (Å²) in [6, 6.07) is 0. The third-order valence-electron chi connectivity index (χ3n) is 2.15. The summed E-state index contributed by atoms with van der Waals surface area (Å²) < 4.78 is 10.3. The van der Waals surface area contributed by atoms with Gasteiger partial charge in [-0.3, -0.25) is 4.79 Å². The van der Waals surface area contributed by atoms with E-state index in [4.69, 9.17) is 9.47 Å². The molecule has 1 aliphatic rings. The minimum absolute atomic E-state index is 0.00537. The van der Waals surface area contributed by atoms with Crippen molar-refractivity contribution < 1.29 is 14.3 Å². The zero-order valence-electron chi connectivity index (χ0n) is 7.71. The Morgan fingerprint density at radius 1 is 1.75 bits per heavy atom. The second kappa shape index (κ2) is 4.45. The first-order chi connectivity index (χ1) is 5.74. The molecule has 0 aromatic rings. The highest BCUT2D eigenvalue weighted by molar-refractivity contribution is 5.71. The molecule has 1 heterocycles. The molecule has 1 fully saturated rings. The van der Waals surface area contributed by atoms with E-state index in [2.05, 4.69) is 0 Å². The number of carbonyl (C=O) groups excluding carboxylic acids is 1. The molecule has 70 valence electrons. The van der Waals surface area contributed by atoms with Crippen molar-refractivity contribution in [3.05, 3.63) is 0 Å². The van der Waals surface area contributed by atoms with Crippen molar-refractivity contribution in [3.63, 3.8) is 0 Å². The van der Waals surface area contributed by atoms with Crippen LogP contribution in [0.25, 0.3) is 0 Å². The molecule has 3 heteroatoms. The first-order valence-corrected chi connectivity index (χ1v) is 4.56. The topological polar surface area (TPSA) is 35.5 Å². The molecular formula is C9H16O3. The van der Waals surface area contributed by atoms with Crippen molar-refractivity contribution in [2.45, 2.75) is 39.4 Å². The maximum absolute atomic E-state index is 11.2. The summed E-state index contributed by atoms with van der Waals surface area (Å²) in [4.78, 5) is 11.2. The number of ether oxygens (including phenoxy) is 2. The minimum Gasteiger partial charge on any atom is -0.436 e. The highest BCUT2D eigenvalue weighted by Gasteiger charge is 2.22. The molecule has 2 atom stereocenters. The van der Waals surface area contributed by atoms with E-state index in [-0.39, 0.29) is 18.2 Å². The average molecular weight is 172 g/mol. The van der Waals surface area contributed by atoms with Gasteiger partial charge < -0.3 is 9.47 Å². The summed E-state index contributed by atoms with van der Waals surface area (Å²) >= 11 is 0. The number of esters is 1. The number of hydrogen-bond acceptors (Lipinski definition) is 3. The molecule has 1 aliphatic heterocycles. The quantitative estimate of drug-likeness (QED) is 0.608. The average Bonchev–Trinajstić information content (AvgIpc) is 2.55. The molecular weight excluding hydrogens is 156 g/mol. The minimum atomic E-state index is -0.272. The van der Waals surface area contributed by atoms with E-state index in [9.17, 15) is 4.79 Å². The normalized spacial score (nSPS) is 25.3. The van der Waals surface area contributed by atoms with Crippen LogP contribution in [0, 0.1) is 5.92 Å². The standard InChI is InChI=1S/C9H16O3/c1-3-7(2)9(10)12-8-5-4-6-11-8/h7-8H,3-6H2,1-2H3. The van der Waals surface area contributed by atoms with Crippen LogP contribution in [-0.2, 0) is 14.3 Å². The Balaban J connectivity index is 2.25. The second-order valence-electron chi connectivity index (χ2n) is 3.19. The molecule has 0 N–H and O–H groups in total. The Hall–Kier alpha value is -0.570. The summed E-state index contributed by atoms with van der Waals surface area (Å²) in [6.07, 6.45) is 2.40. The molecule has 12 heavy (non-hydrogen) atoms. The lowest BCUT2D eigenvalue weighted by atomic mass is 10.1. The van der Waals surface area contributed by atoms with Crippen molar-refractivity contribution in [1.29, 1.82) is 0 Å². The fourth-order valence-corrected chi connectivity index (χ4v) is 1.05. The van der Waals surface area contributed by atoms with E-state index < -0.39 is 0 Å². The Morgan fingerprint density at radius 2 is 2.50 bits per heavy atom. The van der Waals surface area contributed by atoms with E-state index in [1.54, 1.807) is 0 Å². The van der Waals surface area contributed by atoms with Crippen molar-refractivity contribution in [1.82, 2.24) is 0 Å². The van der Waals surface area contributed by atoms with E-state index >= 15 is 0 Å². The van der Waals surface area contributed by atoms with Crippen LogP contribution in [-0.4, -0.2) is 18.9 Å². The van der Waals surface area contributed by atoms with Crippen molar-refractivity contribution in [3.8, 4) is 0 Å². The molecule has 3 nitrogen and oxygen atoms in total. The zero-order chi connectivity index (χ0) is 8.97. The molecule has 1 saturated heterocycles. The van der Waals surface area contributed by atoms with Gasteiger partial charge in [0.05, 0.1) is 12.5 Å². The Labute approximate surface area is 73.0 Å². The Bertz CT molecular complexity index is 150. The molecule has 0 aliphatic carbocycles. The molecule has 0 bridgehead atoms. The van der Waals surface area contributed by atoms with Gasteiger partial charge in [-0.2, -0.15) is 0 Å². The molecule has 0 aromatic heterocycles. The van der Waals surface area contributed by atoms with Crippen LogP contribution in [0.2, 0.25) is 0 Å². The van der Waals surface area contributed by atoms with Crippen LogP contribution < -0.4 is 0 Å². The van der Waals surface area contributed by atoms with Crippen LogP contribution in [0.15, 0.2) is 0 Å². The lowest BCUT2D eigenvalue weighted by Gasteiger charge is -2.13. The lowest BCUT2D eigenvalue weighted by Crippen LogP contribution is -2.21. The van der Waals surface area contributed by atoms with E-state index in [1.165, 1.54) is 0 Å². The lowest BCUT2D eigenvalue weighted by molar-refractivity contribution is -0.174. The molecule has 0 saturated carbocycles. The highest BCUT2D eigenvalue weighted by Crippen LogP contribution is 2.15. The van der Waals surface area contributed by atoms with Gasteiger partial charge >= 0.3 is 5.97 Å². The van der Waals surface area contributed by atoms with Gasteiger partial charge in [-0.15, -0.1) is 0 Å². The third kappa shape index (κ3) is 2.48. The summed E-state index contributed by atoms with van der Waals surface area (Å²) in [7, 11) is 0. The molecule has 2 unspecified atom stereocenters. The summed E-state index contributed by atoms with van der Waals surface area (Å²) in [6.45, 7) is 4.57. The fourth-order valence-electron chi connectivity index (χ4n) is 1.05. The molecule has 0 radical (unpaired) electrons. The second-order valence-corrected chi connectivity index (χ2v) is 3.19. The monoisotopic (exact) mass is 172 g/mol. The van der Waals surface area contributed by atoms with E-state index in [1.807, 2.05) is 13.8 Å². The van der Waals surface area contributed by atoms with Gasteiger partial charge in [0.2, 0.25) is 6.29 Å². The van der Waals surface area contributed by atoms with Gasteiger partial charge in [0, 0.05) is 6.42 Å². The van der Waals surface area contributed by atoms with E-state index in [0.717, 1.165) is 25.9 Å². The zero-order valence-corrected chi connectivity index (χ0v) is 7.71. The SMILES string of the molecule is CCC(C)C(=O)OC1CCCO1. The summed E-state index contributed by atoms with van der Waals surface area (Å²) in [5.41, 5.74) is 0. The first-order valence-electron chi connectivity index (χ1n) is 4.56. The van der Waals surface area contributed by atoms with Gasteiger partial charge in [0.1, 0.15) is 0 Å². The summed E-state index contributed by atoms with van der Waals surface area (Å²) in [5.74, 6) is -0.140. The van der Waals surface area contributed by atoms with Crippen LogP contribution in [0.5, 0.6) is 0 Å². The number of rotatable bonds is 3. The van der Waals surface area contributed by atoms with Gasteiger partial charge in [-0.25, -0.2) is 0 Å². The first kappa shape index (κ1) is 9.52. The predicted octanol–water partition coefficient (Wildman–Crippen LogP) is 1.71. The van der Waals surface area contributed by atoms with Crippen molar-refractivity contribution in [2.24, 2.45) is 5.92 Å². The third-order valence-corrected chi connectivity index (χ3v) is 2.15. The molecule has 0 aromatic carbocycles. The van der Waals surface area contributed by atoms with Crippen LogP contribution >= 0.6 is 0 Å². The molecule has 0 spiro atoms. The number of hydrogen-bond donors (Lipinski definition) is 0. The fraction of sp³-hybridized carbons (Fsp3) is 0.889. The highest BCUT2D eigenvalue weighted by atomic mass is 16.7. The van der Waals surface area contributed by atoms with Gasteiger partial charge in [0.25, 0.3) is 0 Å². The van der Waals surface area contributed by atoms with Crippen LogP contribution in [0.3, 0.4) is 0 Å². The predicted molar refractivity (Wildman–Crippen MR) is 44.5 cm³/mol. The van der Waals surface area contributed by atoms with Crippen molar-refractivity contribution in [2.75, 3.05) is 6.61 Å². The van der Waals surface area contributed by atoms with Gasteiger partial charge in [-0.1, -0.05) is 13.8 Å². The maximum atomic E-state index is 11.2. The van der Waals surface area contributed by atoms with Crippen molar-refractivity contribution >= 4 is 5.97 Å².